The van der Waals surface area contributed by atoms with Gasteiger partial charge in [-0.05, 0) is 110 Å². The molecule has 1 heterocycles. The van der Waals surface area contributed by atoms with Gasteiger partial charge in [-0.3, -0.25) is 14.4 Å². The first kappa shape index (κ1) is 26.3. The summed E-state index contributed by atoms with van der Waals surface area (Å²) in [5.74, 6) is -3.41. The SMILES string of the molecule is CCC(CNC(=O)c1c(I)c(I)c(C(=O)N2CCCC2C(=O)O)c(I)c1I)C(=O)O. The number of hydrogen-bond donors (Lipinski definition) is 3. The maximum absolute atomic E-state index is 13.2. The normalized spacial score (nSPS) is 17.0. The first-order valence-electron chi connectivity index (χ1n) is 8.93. The molecule has 1 saturated heterocycles. The van der Waals surface area contributed by atoms with E-state index >= 15 is 0 Å². The molecule has 1 aliphatic heterocycles. The van der Waals surface area contributed by atoms with E-state index in [0.717, 1.165) is 0 Å². The number of carboxylic acid groups (broad SMARTS) is 2. The van der Waals surface area contributed by atoms with Gasteiger partial charge in [-0.15, -0.1) is 0 Å². The second kappa shape index (κ2) is 11.2. The van der Waals surface area contributed by atoms with Crippen LogP contribution in [0.3, 0.4) is 0 Å². The molecule has 2 unspecified atom stereocenters. The van der Waals surface area contributed by atoms with Crippen LogP contribution in [-0.4, -0.2) is 58.0 Å². The maximum atomic E-state index is 13.2. The first-order chi connectivity index (χ1) is 14.0. The molecule has 0 saturated carbocycles. The maximum Gasteiger partial charge on any atom is 0.326 e. The Labute approximate surface area is 227 Å². The van der Waals surface area contributed by atoms with E-state index in [1.807, 2.05) is 90.4 Å². The molecule has 2 rings (SSSR count). The Bertz CT molecular complexity index is 878. The zero-order valence-corrected chi connectivity index (χ0v) is 24.3. The molecule has 0 aliphatic carbocycles. The molecule has 30 heavy (non-hydrogen) atoms. The summed E-state index contributed by atoms with van der Waals surface area (Å²) in [7, 11) is 0. The predicted octanol–water partition coefficient (Wildman–Crippen LogP) is 3.63. The third kappa shape index (κ3) is 5.49. The third-order valence-corrected chi connectivity index (χ3v) is 11.2. The number of carbonyl (C=O) groups is 4. The van der Waals surface area contributed by atoms with Crippen LogP contribution in [-0.2, 0) is 9.59 Å². The van der Waals surface area contributed by atoms with Crippen molar-refractivity contribution in [2.75, 3.05) is 13.1 Å². The average molecular weight is 866 g/mol. The summed E-state index contributed by atoms with van der Waals surface area (Å²) >= 11 is 8.02. The lowest BCUT2D eigenvalue weighted by Crippen LogP contribution is -2.41. The molecule has 3 N–H and O–H groups in total. The van der Waals surface area contributed by atoms with Gasteiger partial charge in [0.2, 0.25) is 0 Å². The van der Waals surface area contributed by atoms with Gasteiger partial charge in [-0.2, -0.15) is 0 Å². The lowest BCUT2D eigenvalue weighted by atomic mass is 10.1. The highest BCUT2D eigenvalue weighted by atomic mass is 127. The molecule has 0 radical (unpaired) electrons. The summed E-state index contributed by atoms with van der Waals surface area (Å²) in [4.78, 5) is 50.1. The van der Waals surface area contributed by atoms with E-state index in [1.54, 1.807) is 6.92 Å². The first-order valence-corrected chi connectivity index (χ1v) is 13.2. The van der Waals surface area contributed by atoms with Gasteiger partial charge < -0.3 is 20.4 Å². The van der Waals surface area contributed by atoms with Gasteiger partial charge >= 0.3 is 11.9 Å². The Kier molecular flexibility index (Phi) is 9.85. The lowest BCUT2D eigenvalue weighted by Gasteiger charge is -2.24. The summed E-state index contributed by atoms with van der Waals surface area (Å²) in [6.45, 7) is 2.14. The highest BCUT2D eigenvalue weighted by molar-refractivity contribution is 14.1. The highest BCUT2D eigenvalue weighted by Crippen LogP contribution is 2.35. The standard InChI is InChI=1S/C18H18I4N2O6/c1-2-7(17(27)28)6-23-15(25)9-11(19)13(21)10(14(22)12(9)20)16(26)24-5-3-4-8(24)18(29)30/h7-8H,2-6H2,1H3,(H,23,25)(H,27,28)(H,29,30). The molecule has 8 nitrogen and oxygen atoms in total. The van der Waals surface area contributed by atoms with Gasteiger partial charge in [0.05, 0.1) is 17.0 Å². The number of benzene rings is 1. The Hall–Kier alpha value is 0.0200. The number of hydrogen-bond acceptors (Lipinski definition) is 4. The van der Waals surface area contributed by atoms with Crippen LogP contribution in [0.5, 0.6) is 0 Å². The molecule has 1 aromatic rings. The van der Waals surface area contributed by atoms with Gasteiger partial charge in [0.15, 0.2) is 0 Å². The smallest absolute Gasteiger partial charge is 0.326 e. The number of halogens is 4. The highest BCUT2D eigenvalue weighted by Gasteiger charge is 2.37. The van der Waals surface area contributed by atoms with Crippen LogP contribution in [0, 0.1) is 20.2 Å². The van der Waals surface area contributed by atoms with Crippen molar-refractivity contribution in [3.05, 3.63) is 25.4 Å². The van der Waals surface area contributed by atoms with Gasteiger partial charge in [0, 0.05) is 27.4 Å². The molecule has 164 valence electrons. The van der Waals surface area contributed by atoms with Crippen molar-refractivity contribution < 1.29 is 29.4 Å². The molecule has 0 bridgehead atoms. The molecule has 12 heteroatoms. The lowest BCUT2D eigenvalue weighted by molar-refractivity contribution is -0.142. The fourth-order valence-corrected chi connectivity index (χ4v) is 7.28. The Morgan fingerprint density at radius 2 is 1.57 bits per heavy atom. The minimum absolute atomic E-state index is 0.0126. The molecule has 1 fully saturated rings. The van der Waals surface area contributed by atoms with Crippen molar-refractivity contribution in [2.24, 2.45) is 5.92 Å². The number of amides is 2. The fraction of sp³-hybridized carbons (Fsp3) is 0.444. The van der Waals surface area contributed by atoms with Gasteiger partial charge in [-0.25, -0.2) is 4.79 Å². The molecular formula is C18H18I4N2O6. The molecule has 0 spiro atoms. The molecule has 2 atom stereocenters. The summed E-state index contributed by atoms with van der Waals surface area (Å²) in [6, 6.07) is -0.843. The fourth-order valence-electron chi connectivity index (χ4n) is 3.14. The Morgan fingerprint density at radius 3 is 2.03 bits per heavy atom. The average Bonchev–Trinajstić information content (AvgIpc) is 3.17. The molecule has 2 amide bonds. The quantitative estimate of drug-likeness (QED) is 0.285. The number of rotatable bonds is 7. The summed E-state index contributed by atoms with van der Waals surface area (Å²) < 4.78 is 2.31. The van der Waals surface area contributed by atoms with E-state index in [1.165, 1.54) is 4.90 Å². The Morgan fingerprint density at radius 1 is 1.03 bits per heavy atom. The van der Waals surface area contributed by atoms with Crippen LogP contribution in [0.1, 0.15) is 46.9 Å². The summed E-state index contributed by atoms with van der Waals surface area (Å²) in [5.41, 5.74) is 0.782. The van der Waals surface area contributed by atoms with Crippen LogP contribution in [0.25, 0.3) is 0 Å². The van der Waals surface area contributed by atoms with E-state index in [0.29, 0.717) is 51.2 Å². The minimum atomic E-state index is -1.02. The minimum Gasteiger partial charge on any atom is -0.481 e. The molecule has 1 aliphatic rings. The molecular weight excluding hydrogens is 848 g/mol. The monoisotopic (exact) mass is 866 g/mol. The topological polar surface area (TPSA) is 124 Å². The summed E-state index contributed by atoms with van der Waals surface area (Å²) in [6.07, 6.45) is 1.45. The van der Waals surface area contributed by atoms with Crippen molar-refractivity contribution in [1.82, 2.24) is 10.2 Å². The van der Waals surface area contributed by atoms with Crippen LogP contribution < -0.4 is 5.32 Å². The van der Waals surface area contributed by atoms with E-state index < -0.39 is 29.8 Å². The van der Waals surface area contributed by atoms with Gasteiger partial charge in [-0.1, -0.05) is 6.92 Å². The van der Waals surface area contributed by atoms with E-state index in [-0.39, 0.29) is 12.5 Å². The number of carbonyl (C=O) groups excluding carboxylic acids is 2. The number of nitrogens with zero attached hydrogens (tertiary/aromatic N) is 1. The summed E-state index contributed by atoms with van der Waals surface area (Å²) in [5, 5.41) is 21.3. The van der Waals surface area contributed by atoms with Crippen molar-refractivity contribution in [3.63, 3.8) is 0 Å². The third-order valence-electron chi connectivity index (χ3n) is 4.85. The largest absolute Gasteiger partial charge is 0.481 e. The zero-order chi connectivity index (χ0) is 22.7. The molecule has 0 aromatic heterocycles. The second-order valence-corrected chi connectivity index (χ2v) is 11.0. The van der Waals surface area contributed by atoms with E-state index in [2.05, 4.69) is 5.32 Å². The number of likely N-dealkylation sites (tertiary alicyclic amines) is 1. The zero-order valence-electron chi connectivity index (χ0n) is 15.7. The number of nitrogens with one attached hydrogen (secondary N) is 1. The number of aliphatic carboxylic acids is 2. The van der Waals surface area contributed by atoms with E-state index in [9.17, 15) is 29.4 Å². The van der Waals surface area contributed by atoms with E-state index in [4.69, 9.17) is 0 Å². The van der Waals surface area contributed by atoms with Gasteiger partial charge in [0.1, 0.15) is 6.04 Å². The van der Waals surface area contributed by atoms with Crippen LogP contribution in [0.15, 0.2) is 0 Å². The van der Waals surface area contributed by atoms with Crippen molar-refractivity contribution in [3.8, 4) is 0 Å². The van der Waals surface area contributed by atoms with Crippen molar-refractivity contribution in [1.29, 1.82) is 0 Å². The van der Waals surface area contributed by atoms with Crippen LogP contribution in [0.4, 0.5) is 0 Å². The number of carboxylic acids is 2. The van der Waals surface area contributed by atoms with Crippen molar-refractivity contribution >= 4 is 114 Å². The van der Waals surface area contributed by atoms with Crippen LogP contribution >= 0.6 is 90.4 Å². The molecule has 1 aromatic carbocycles. The van der Waals surface area contributed by atoms with Crippen molar-refractivity contribution in [2.45, 2.75) is 32.2 Å². The van der Waals surface area contributed by atoms with Gasteiger partial charge in [0.25, 0.3) is 11.8 Å². The second-order valence-electron chi connectivity index (χ2n) is 6.65. The Balaban J connectivity index is 2.40. The predicted molar refractivity (Wildman–Crippen MR) is 143 cm³/mol. The van der Waals surface area contributed by atoms with Crippen LogP contribution in [0.2, 0.25) is 0 Å².